The molecule has 1 fully saturated rings. The maximum atomic E-state index is 11.4. The summed E-state index contributed by atoms with van der Waals surface area (Å²) in [6.07, 6.45) is 1.91. The summed E-state index contributed by atoms with van der Waals surface area (Å²) in [4.78, 5) is 22.3. The van der Waals surface area contributed by atoms with E-state index in [1.807, 2.05) is 0 Å². The van der Waals surface area contributed by atoms with Gasteiger partial charge in [-0.25, -0.2) is 0 Å². The Bertz CT molecular complexity index is 210. The summed E-state index contributed by atoms with van der Waals surface area (Å²) < 4.78 is 0. The molecule has 1 saturated heterocycles. The Morgan fingerprint density at radius 1 is 1.54 bits per heavy atom. The second-order valence-electron chi connectivity index (χ2n) is 3.49. The monoisotopic (exact) mass is 184 g/mol. The Hall–Kier alpha value is -0.900. The SMILES string of the molecule is CC(=O)[C@H](C)NC(=O)[C@@H]1CCCN1. The molecule has 74 valence electrons. The van der Waals surface area contributed by atoms with Gasteiger partial charge in [0.2, 0.25) is 5.91 Å². The molecule has 0 aromatic rings. The number of rotatable bonds is 3. The number of nitrogens with one attached hydrogen (secondary N) is 2. The summed E-state index contributed by atoms with van der Waals surface area (Å²) in [5.74, 6) is -0.0634. The molecule has 0 unspecified atom stereocenters. The normalized spacial score (nSPS) is 24.0. The predicted molar refractivity (Wildman–Crippen MR) is 49.3 cm³/mol. The molecule has 2 N–H and O–H groups in total. The van der Waals surface area contributed by atoms with Crippen molar-refractivity contribution in [2.75, 3.05) is 6.54 Å². The van der Waals surface area contributed by atoms with Crippen molar-refractivity contribution in [3.05, 3.63) is 0 Å². The van der Waals surface area contributed by atoms with Crippen LogP contribution in [0.2, 0.25) is 0 Å². The third-order valence-corrected chi connectivity index (χ3v) is 2.35. The van der Waals surface area contributed by atoms with Crippen LogP contribution in [0.25, 0.3) is 0 Å². The van der Waals surface area contributed by atoms with Crippen LogP contribution in [0.4, 0.5) is 0 Å². The van der Waals surface area contributed by atoms with Crippen LogP contribution in [-0.4, -0.2) is 30.3 Å². The second kappa shape index (κ2) is 4.37. The van der Waals surface area contributed by atoms with Crippen molar-refractivity contribution in [2.24, 2.45) is 0 Å². The molecule has 13 heavy (non-hydrogen) atoms. The average Bonchev–Trinajstić information content (AvgIpc) is 2.55. The average molecular weight is 184 g/mol. The number of Topliss-reactive ketones (excluding diaryl/α,β-unsaturated/α-hetero) is 1. The van der Waals surface area contributed by atoms with E-state index in [0.717, 1.165) is 19.4 Å². The van der Waals surface area contributed by atoms with Crippen molar-refractivity contribution in [3.8, 4) is 0 Å². The standard InChI is InChI=1S/C9H16N2O2/c1-6(7(2)12)11-9(13)8-4-3-5-10-8/h6,8,10H,3-5H2,1-2H3,(H,11,13)/t6-,8-/m0/s1. The van der Waals surface area contributed by atoms with E-state index in [9.17, 15) is 9.59 Å². The molecule has 0 radical (unpaired) electrons. The fourth-order valence-corrected chi connectivity index (χ4v) is 1.32. The number of ketones is 1. The molecule has 4 heteroatoms. The van der Waals surface area contributed by atoms with Gasteiger partial charge < -0.3 is 10.6 Å². The summed E-state index contributed by atoms with van der Waals surface area (Å²) in [6.45, 7) is 4.08. The fourth-order valence-electron chi connectivity index (χ4n) is 1.32. The summed E-state index contributed by atoms with van der Waals surface area (Å²) in [5.41, 5.74) is 0. The molecule has 2 atom stereocenters. The van der Waals surface area contributed by atoms with Crippen molar-refractivity contribution in [2.45, 2.75) is 38.8 Å². The van der Waals surface area contributed by atoms with E-state index in [1.165, 1.54) is 6.92 Å². The quantitative estimate of drug-likeness (QED) is 0.640. The van der Waals surface area contributed by atoms with Gasteiger partial charge in [-0.15, -0.1) is 0 Å². The van der Waals surface area contributed by atoms with Crippen molar-refractivity contribution in [3.63, 3.8) is 0 Å². The van der Waals surface area contributed by atoms with Gasteiger partial charge in [0.05, 0.1) is 12.1 Å². The van der Waals surface area contributed by atoms with Gasteiger partial charge in [-0.2, -0.15) is 0 Å². The lowest BCUT2D eigenvalue weighted by molar-refractivity contribution is -0.127. The molecule has 0 bridgehead atoms. The molecule has 1 amide bonds. The highest BCUT2D eigenvalue weighted by Gasteiger charge is 2.23. The molecule has 1 aliphatic heterocycles. The van der Waals surface area contributed by atoms with E-state index in [0.29, 0.717) is 0 Å². The van der Waals surface area contributed by atoms with Gasteiger partial charge >= 0.3 is 0 Å². The Labute approximate surface area is 78.1 Å². The van der Waals surface area contributed by atoms with Crippen LogP contribution < -0.4 is 10.6 Å². The number of amides is 1. The Morgan fingerprint density at radius 2 is 2.23 bits per heavy atom. The molecule has 0 aromatic carbocycles. The summed E-state index contributed by atoms with van der Waals surface area (Å²) in [7, 11) is 0. The Kier molecular flexibility index (Phi) is 3.42. The summed E-state index contributed by atoms with van der Waals surface area (Å²) >= 11 is 0. The van der Waals surface area contributed by atoms with E-state index < -0.39 is 0 Å². The fraction of sp³-hybridized carbons (Fsp3) is 0.778. The van der Waals surface area contributed by atoms with E-state index in [1.54, 1.807) is 6.92 Å². The van der Waals surface area contributed by atoms with Gasteiger partial charge in [0.1, 0.15) is 0 Å². The van der Waals surface area contributed by atoms with Gasteiger partial charge in [-0.3, -0.25) is 9.59 Å². The molecule has 4 nitrogen and oxygen atoms in total. The van der Waals surface area contributed by atoms with Crippen LogP contribution in [0.15, 0.2) is 0 Å². The van der Waals surface area contributed by atoms with Gasteiger partial charge in [-0.1, -0.05) is 0 Å². The van der Waals surface area contributed by atoms with Crippen LogP contribution in [0.5, 0.6) is 0 Å². The van der Waals surface area contributed by atoms with Gasteiger partial charge in [0.25, 0.3) is 0 Å². The largest absolute Gasteiger partial charge is 0.345 e. The zero-order valence-electron chi connectivity index (χ0n) is 8.09. The van der Waals surface area contributed by atoms with Gasteiger partial charge in [-0.05, 0) is 33.2 Å². The number of carbonyl (C=O) groups excluding carboxylic acids is 2. The molecular formula is C9H16N2O2. The van der Waals surface area contributed by atoms with Crippen LogP contribution >= 0.6 is 0 Å². The first-order chi connectivity index (χ1) is 6.11. The van der Waals surface area contributed by atoms with E-state index >= 15 is 0 Å². The minimum Gasteiger partial charge on any atom is -0.345 e. The molecule has 0 aromatic heterocycles. The molecule has 0 saturated carbocycles. The first-order valence-corrected chi connectivity index (χ1v) is 4.65. The maximum Gasteiger partial charge on any atom is 0.237 e. The first kappa shape index (κ1) is 10.2. The zero-order valence-corrected chi connectivity index (χ0v) is 8.09. The van der Waals surface area contributed by atoms with Crippen LogP contribution in [-0.2, 0) is 9.59 Å². The number of carbonyl (C=O) groups is 2. The topological polar surface area (TPSA) is 58.2 Å². The molecule has 1 aliphatic rings. The molecular weight excluding hydrogens is 168 g/mol. The highest BCUT2D eigenvalue weighted by molar-refractivity contribution is 5.89. The van der Waals surface area contributed by atoms with E-state index in [-0.39, 0.29) is 23.8 Å². The molecule has 1 heterocycles. The summed E-state index contributed by atoms with van der Waals surface area (Å²) in [5, 5.41) is 5.75. The smallest absolute Gasteiger partial charge is 0.237 e. The lowest BCUT2D eigenvalue weighted by Crippen LogP contribution is -2.46. The zero-order chi connectivity index (χ0) is 9.84. The summed E-state index contributed by atoms with van der Waals surface area (Å²) in [6, 6.07) is -0.461. The molecule has 0 spiro atoms. The van der Waals surface area contributed by atoms with E-state index in [4.69, 9.17) is 0 Å². The van der Waals surface area contributed by atoms with Crippen molar-refractivity contribution < 1.29 is 9.59 Å². The minimum absolute atomic E-state index is 0.00801. The van der Waals surface area contributed by atoms with Crippen molar-refractivity contribution in [1.82, 2.24) is 10.6 Å². The lowest BCUT2D eigenvalue weighted by Gasteiger charge is -2.14. The predicted octanol–water partition coefficient (Wildman–Crippen LogP) is -0.168. The van der Waals surface area contributed by atoms with Gasteiger partial charge in [0, 0.05) is 0 Å². The second-order valence-corrected chi connectivity index (χ2v) is 3.49. The highest BCUT2D eigenvalue weighted by atomic mass is 16.2. The third kappa shape index (κ3) is 2.81. The van der Waals surface area contributed by atoms with Crippen LogP contribution in [0.3, 0.4) is 0 Å². The number of hydrogen-bond donors (Lipinski definition) is 2. The third-order valence-electron chi connectivity index (χ3n) is 2.35. The van der Waals surface area contributed by atoms with Crippen molar-refractivity contribution in [1.29, 1.82) is 0 Å². The first-order valence-electron chi connectivity index (χ1n) is 4.65. The Morgan fingerprint density at radius 3 is 2.69 bits per heavy atom. The Balaban J connectivity index is 2.35. The highest BCUT2D eigenvalue weighted by Crippen LogP contribution is 2.04. The lowest BCUT2D eigenvalue weighted by atomic mass is 10.2. The maximum absolute atomic E-state index is 11.4. The molecule has 0 aliphatic carbocycles. The molecule has 1 rings (SSSR count). The van der Waals surface area contributed by atoms with Crippen LogP contribution in [0, 0.1) is 0 Å². The van der Waals surface area contributed by atoms with Crippen molar-refractivity contribution >= 4 is 11.7 Å². The minimum atomic E-state index is -0.366. The van der Waals surface area contributed by atoms with Crippen LogP contribution in [0.1, 0.15) is 26.7 Å². The van der Waals surface area contributed by atoms with E-state index in [2.05, 4.69) is 10.6 Å². The number of hydrogen-bond acceptors (Lipinski definition) is 3. The van der Waals surface area contributed by atoms with Gasteiger partial charge in [0.15, 0.2) is 5.78 Å².